The van der Waals surface area contributed by atoms with Crippen molar-refractivity contribution in [2.24, 2.45) is 0 Å². The maximum absolute atomic E-state index is 13.4. The van der Waals surface area contributed by atoms with Crippen molar-refractivity contribution in [3.05, 3.63) is 64.4 Å². The minimum atomic E-state index is -0.297. The maximum atomic E-state index is 13.4. The second-order valence-corrected chi connectivity index (χ2v) is 4.68. The summed E-state index contributed by atoms with van der Waals surface area (Å²) in [7, 11) is 1.82. The number of ether oxygens (including phenoxy) is 1. The second-order valence-electron chi connectivity index (χ2n) is 4.24. The fourth-order valence-electron chi connectivity index (χ4n) is 1.80. The normalized spacial score (nSPS) is 10.5. The van der Waals surface area contributed by atoms with Crippen LogP contribution in [0.15, 0.2) is 42.5 Å². The van der Waals surface area contributed by atoms with Crippen molar-refractivity contribution in [2.45, 2.75) is 13.2 Å². The van der Waals surface area contributed by atoms with Gasteiger partial charge in [0, 0.05) is 17.6 Å². The first-order valence-electron chi connectivity index (χ1n) is 5.98. The van der Waals surface area contributed by atoms with Gasteiger partial charge >= 0.3 is 0 Å². The van der Waals surface area contributed by atoms with Crippen LogP contribution in [0.2, 0.25) is 5.02 Å². The molecule has 0 saturated heterocycles. The molecule has 0 aromatic heterocycles. The molecule has 0 aliphatic heterocycles. The standard InChI is InChI=1S/C15H15ClFNO/c1-18-9-12-6-14(17)8-15(7-12)19-10-11-3-2-4-13(16)5-11/h2-8,18H,9-10H2,1H3. The lowest BCUT2D eigenvalue weighted by Crippen LogP contribution is -2.06. The molecule has 0 fully saturated rings. The van der Waals surface area contributed by atoms with Crippen LogP contribution < -0.4 is 10.1 Å². The topological polar surface area (TPSA) is 21.3 Å². The van der Waals surface area contributed by atoms with Crippen LogP contribution in [0.1, 0.15) is 11.1 Å². The fourth-order valence-corrected chi connectivity index (χ4v) is 2.02. The molecule has 0 saturated carbocycles. The molecule has 0 spiro atoms. The molecule has 19 heavy (non-hydrogen) atoms. The molecule has 0 atom stereocenters. The van der Waals surface area contributed by atoms with Crippen molar-refractivity contribution in [3.63, 3.8) is 0 Å². The third-order valence-electron chi connectivity index (χ3n) is 2.61. The quantitative estimate of drug-likeness (QED) is 0.899. The number of nitrogens with one attached hydrogen (secondary N) is 1. The Morgan fingerprint density at radius 1 is 1.16 bits per heavy atom. The number of benzene rings is 2. The summed E-state index contributed by atoms with van der Waals surface area (Å²) < 4.78 is 19.0. The summed E-state index contributed by atoms with van der Waals surface area (Å²) in [5.41, 5.74) is 1.80. The number of hydrogen-bond donors (Lipinski definition) is 1. The summed E-state index contributed by atoms with van der Waals surface area (Å²) in [5, 5.41) is 3.64. The van der Waals surface area contributed by atoms with Crippen LogP contribution >= 0.6 is 11.6 Å². The van der Waals surface area contributed by atoms with Gasteiger partial charge in [-0.25, -0.2) is 4.39 Å². The Balaban J connectivity index is 2.06. The first-order chi connectivity index (χ1) is 9.17. The van der Waals surface area contributed by atoms with Crippen molar-refractivity contribution < 1.29 is 9.13 Å². The molecule has 0 aliphatic rings. The zero-order valence-electron chi connectivity index (χ0n) is 10.6. The van der Waals surface area contributed by atoms with Crippen molar-refractivity contribution in [2.75, 3.05) is 7.05 Å². The molecule has 4 heteroatoms. The lowest BCUT2D eigenvalue weighted by Gasteiger charge is -2.09. The summed E-state index contributed by atoms with van der Waals surface area (Å²) in [5.74, 6) is 0.221. The average Bonchev–Trinajstić information content (AvgIpc) is 2.36. The van der Waals surface area contributed by atoms with Crippen molar-refractivity contribution >= 4 is 11.6 Å². The predicted molar refractivity (Wildman–Crippen MR) is 74.9 cm³/mol. The molecular formula is C15H15ClFNO. The van der Waals surface area contributed by atoms with E-state index in [2.05, 4.69) is 5.32 Å². The van der Waals surface area contributed by atoms with Gasteiger partial charge in [0.05, 0.1) is 0 Å². The van der Waals surface area contributed by atoms with Gasteiger partial charge in [-0.2, -0.15) is 0 Å². The Labute approximate surface area is 117 Å². The lowest BCUT2D eigenvalue weighted by atomic mass is 10.2. The largest absolute Gasteiger partial charge is 0.489 e. The van der Waals surface area contributed by atoms with Crippen LogP contribution in [0.4, 0.5) is 4.39 Å². The Morgan fingerprint density at radius 2 is 2.00 bits per heavy atom. The van der Waals surface area contributed by atoms with Crippen LogP contribution in [0.25, 0.3) is 0 Å². The molecule has 2 rings (SSSR count). The van der Waals surface area contributed by atoms with E-state index in [1.807, 2.05) is 31.3 Å². The predicted octanol–water partition coefficient (Wildman–Crippen LogP) is 3.78. The van der Waals surface area contributed by atoms with Crippen LogP contribution in [-0.2, 0) is 13.2 Å². The lowest BCUT2D eigenvalue weighted by molar-refractivity contribution is 0.304. The van der Waals surface area contributed by atoms with Gasteiger partial charge in [-0.3, -0.25) is 0 Å². The van der Waals surface area contributed by atoms with E-state index in [0.29, 0.717) is 23.9 Å². The van der Waals surface area contributed by atoms with Crippen LogP contribution in [-0.4, -0.2) is 7.05 Å². The van der Waals surface area contributed by atoms with Gasteiger partial charge in [-0.05, 0) is 42.4 Å². The van der Waals surface area contributed by atoms with Crippen molar-refractivity contribution in [1.82, 2.24) is 5.32 Å². The number of halogens is 2. The van der Waals surface area contributed by atoms with Crippen LogP contribution in [0, 0.1) is 5.82 Å². The first-order valence-corrected chi connectivity index (χ1v) is 6.36. The van der Waals surface area contributed by atoms with Crippen molar-refractivity contribution in [1.29, 1.82) is 0 Å². The van der Waals surface area contributed by atoms with E-state index in [4.69, 9.17) is 16.3 Å². The summed E-state index contributed by atoms with van der Waals surface area (Å²) in [6.45, 7) is 0.967. The minimum Gasteiger partial charge on any atom is -0.489 e. The first kappa shape index (κ1) is 13.8. The monoisotopic (exact) mass is 279 g/mol. The summed E-state index contributed by atoms with van der Waals surface area (Å²) in [4.78, 5) is 0. The molecule has 100 valence electrons. The molecular weight excluding hydrogens is 265 g/mol. The molecule has 0 amide bonds. The minimum absolute atomic E-state index is 0.297. The van der Waals surface area contributed by atoms with Gasteiger partial charge in [-0.15, -0.1) is 0 Å². The van der Waals surface area contributed by atoms with E-state index in [1.54, 1.807) is 6.07 Å². The fraction of sp³-hybridized carbons (Fsp3) is 0.200. The SMILES string of the molecule is CNCc1cc(F)cc(OCc2cccc(Cl)c2)c1. The molecule has 0 heterocycles. The van der Waals surface area contributed by atoms with E-state index in [1.165, 1.54) is 12.1 Å². The van der Waals surface area contributed by atoms with Gasteiger partial charge in [0.2, 0.25) is 0 Å². The molecule has 1 N–H and O–H groups in total. The zero-order chi connectivity index (χ0) is 13.7. The van der Waals surface area contributed by atoms with E-state index in [0.717, 1.165) is 11.1 Å². The Hall–Kier alpha value is -1.58. The highest BCUT2D eigenvalue weighted by atomic mass is 35.5. The van der Waals surface area contributed by atoms with E-state index < -0.39 is 0 Å². The summed E-state index contributed by atoms with van der Waals surface area (Å²) in [6.07, 6.45) is 0. The Kier molecular flexibility index (Phi) is 4.77. The van der Waals surface area contributed by atoms with E-state index >= 15 is 0 Å². The van der Waals surface area contributed by atoms with Gasteiger partial charge in [0.25, 0.3) is 0 Å². The average molecular weight is 280 g/mol. The zero-order valence-corrected chi connectivity index (χ0v) is 11.4. The number of rotatable bonds is 5. The van der Waals surface area contributed by atoms with Crippen LogP contribution in [0.3, 0.4) is 0 Å². The molecule has 2 nitrogen and oxygen atoms in total. The van der Waals surface area contributed by atoms with Gasteiger partial charge in [0.1, 0.15) is 18.2 Å². The van der Waals surface area contributed by atoms with Crippen molar-refractivity contribution in [3.8, 4) is 5.75 Å². The highest BCUT2D eigenvalue weighted by Crippen LogP contribution is 2.19. The van der Waals surface area contributed by atoms with Crippen LogP contribution in [0.5, 0.6) is 5.75 Å². The molecule has 0 radical (unpaired) electrons. The van der Waals surface area contributed by atoms with Gasteiger partial charge in [0.15, 0.2) is 0 Å². The van der Waals surface area contributed by atoms with Gasteiger partial charge < -0.3 is 10.1 Å². The van der Waals surface area contributed by atoms with E-state index in [9.17, 15) is 4.39 Å². The third-order valence-corrected chi connectivity index (χ3v) is 2.84. The Bertz CT molecular complexity index is 560. The number of hydrogen-bond acceptors (Lipinski definition) is 2. The molecule has 0 aliphatic carbocycles. The summed E-state index contributed by atoms with van der Waals surface area (Å²) >= 11 is 5.89. The highest BCUT2D eigenvalue weighted by molar-refractivity contribution is 6.30. The highest BCUT2D eigenvalue weighted by Gasteiger charge is 2.02. The molecule has 0 unspecified atom stereocenters. The second kappa shape index (κ2) is 6.55. The maximum Gasteiger partial charge on any atom is 0.127 e. The summed E-state index contributed by atoms with van der Waals surface area (Å²) in [6, 6.07) is 12.1. The molecule has 2 aromatic carbocycles. The Morgan fingerprint density at radius 3 is 2.74 bits per heavy atom. The smallest absolute Gasteiger partial charge is 0.127 e. The van der Waals surface area contributed by atoms with Gasteiger partial charge in [-0.1, -0.05) is 23.7 Å². The molecule has 2 aromatic rings. The van der Waals surface area contributed by atoms with E-state index in [-0.39, 0.29) is 5.82 Å². The third kappa shape index (κ3) is 4.23. The molecule has 0 bridgehead atoms.